The zero-order chi connectivity index (χ0) is 11.0. The van der Waals surface area contributed by atoms with Crippen molar-refractivity contribution < 1.29 is 0 Å². The van der Waals surface area contributed by atoms with Crippen LogP contribution in [0.3, 0.4) is 0 Å². The Kier molecular flexibility index (Phi) is 2.60. The third-order valence-corrected chi connectivity index (χ3v) is 4.08. The molecule has 1 aromatic rings. The van der Waals surface area contributed by atoms with Crippen LogP contribution in [0, 0.1) is 0 Å². The zero-order valence-corrected chi connectivity index (χ0v) is 9.95. The molecule has 2 heteroatoms. The number of para-hydroxylation sites is 1. The van der Waals surface area contributed by atoms with E-state index in [1.54, 1.807) is 0 Å². The first-order chi connectivity index (χ1) is 7.84. The molecule has 2 atom stereocenters. The quantitative estimate of drug-likeness (QED) is 0.817. The van der Waals surface area contributed by atoms with Crippen LogP contribution in [-0.4, -0.2) is 30.6 Å². The van der Waals surface area contributed by atoms with Crippen LogP contribution in [0.25, 0.3) is 0 Å². The van der Waals surface area contributed by atoms with Gasteiger partial charge in [0, 0.05) is 30.7 Å². The first kappa shape index (κ1) is 10.2. The first-order valence-corrected chi connectivity index (χ1v) is 6.41. The van der Waals surface area contributed by atoms with E-state index < -0.39 is 0 Å². The van der Waals surface area contributed by atoms with Gasteiger partial charge in [-0.3, -0.25) is 4.90 Å². The Bertz CT molecular complexity index is 375. The van der Waals surface area contributed by atoms with Gasteiger partial charge in [0.2, 0.25) is 0 Å². The standard InChI is InChI=1S/C14H20N2/c1-11-5-4-8-16(11)10-12-9-15-14-7-3-2-6-13(12)14/h2-3,6-7,11-12,15H,4-5,8-10H2,1H3. The monoisotopic (exact) mass is 216 g/mol. The molecule has 16 heavy (non-hydrogen) atoms. The summed E-state index contributed by atoms with van der Waals surface area (Å²) in [5.41, 5.74) is 2.86. The van der Waals surface area contributed by atoms with Gasteiger partial charge in [0.1, 0.15) is 0 Å². The average Bonchev–Trinajstić information content (AvgIpc) is 2.88. The van der Waals surface area contributed by atoms with Crippen molar-refractivity contribution in [3.63, 3.8) is 0 Å². The number of hydrogen-bond acceptors (Lipinski definition) is 2. The Morgan fingerprint density at radius 3 is 3.06 bits per heavy atom. The van der Waals surface area contributed by atoms with E-state index in [1.807, 2.05) is 0 Å². The van der Waals surface area contributed by atoms with Crippen molar-refractivity contribution in [2.45, 2.75) is 31.7 Å². The van der Waals surface area contributed by atoms with Crippen LogP contribution < -0.4 is 5.32 Å². The molecule has 1 saturated heterocycles. The van der Waals surface area contributed by atoms with Gasteiger partial charge in [-0.15, -0.1) is 0 Å². The van der Waals surface area contributed by atoms with Crippen molar-refractivity contribution in [3.05, 3.63) is 29.8 Å². The Labute approximate surface area is 97.6 Å². The molecule has 1 fully saturated rings. The van der Waals surface area contributed by atoms with Crippen molar-refractivity contribution in [2.75, 3.05) is 25.0 Å². The van der Waals surface area contributed by atoms with E-state index in [2.05, 4.69) is 41.4 Å². The van der Waals surface area contributed by atoms with Crippen molar-refractivity contribution >= 4 is 5.69 Å². The molecule has 0 aliphatic carbocycles. The van der Waals surface area contributed by atoms with Gasteiger partial charge in [0.15, 0.2) is 0 Å². The normalized spacial score (nSPS) is 29.1. The highest BCUT2D eigenvalue weighted by Gasteiger charge is 2.27. The van der Waals surface area contributed by atoms with Gasteiger partial charge < -0.3 is 5.32 Å². The number of likely N-dealkylation sites (tertiary alicyclic amines) is 1. The fourth-order valence-electron chi connectivity index (χ4n) is 3.07. The number of nitrogens with zero attached hydrogens (tertiary/aromatic N) is 1. The summed E-state index contributed by atoms with van der Waals surface area (Å²) in [5.74, 6) is 0.691. The lowest BCUT2D eigenvalue weighted by molar-refractivity contribution is 0.256. The molecule has 1 N–H and O–H groups in total. The maximum atomic E-state index is 3.51. The number of hydrogen-bond donors (Lipinski definition) is 1. The van der Waals surface area contributed by atoms with Gasteiger partial charge in [-0.25, -0.2) is 0 Å². The molecule has 2 unspecified atom stereocenters. The van der Waals surface area contributed by atoms with Crippen LogP contribution in [0.1, 0.15) is 31.2 Å². The second-order valence-corrected chi connectivity index (χ2v) is 5.15. The van der Waals surface area contributed by atoms with E-state index in [-0.39, 0.29) is 0 Å². The van der Waals surface area contributed by atoms with Gasteiger partial charge in [-0.2, -0.15) is 0 Å². The molecule has 1 aromatic carbocycles. The number of rotatable bonds is 2. The lowest BCUT2D eigenvalue weighted by atomic mass is 10.0. The molecule has 2 nitrogen and oxygen atoms in total. The molecule has 0 amide bonds. The summed E-state index contributed by atoms with van der Waals surface area (Å²) in [4.78, 5) is 2.65. The molecule has 0 radical (unpaired) electrons. The maximum absolute atomic E-state index is 3.51. The Morgan fingerprint density at radius 2 is 2.25 bits per heavy atom. The number of nitrogens with one attached hydrogen (secondary N) is 1. The van der Waals surface area contributed by atoms with Gasteiger partial charge in [0.25, 0.3) is 0 Å². The number of benzene rings is 1. The van der Waals surface area contributed by atoms with Crippen molar-refractivity contribution in [3.8, 4) is 0 Å². The third kappa shape index (κ3) is 1.71. The summed E-state index contributed by atoms with van der Waals surface area (Å²) < 4.78 is 0. The highest BCUT2D eigenvalue weighted by molar-refractivity contribution is 5.57. The Hall–Kier alpha value is -1.02. The molecule has 0 bridgehead atoms. The molecule has 3 rings (SSSR count). The summed E-state index contributed by atoms with van der Waals surface area (Å²) in [5, 5.41) is 3.51. The third-order valence-electron chi connectivity index (χ3n) is 4.08. The summed E-state index contributed by atoms with van der Waals surface area (Å²) in [6, 6.07) is 9.54. The van der Waals surface area contributed by atoms with Gasteiger partial charge >= 0.3 is 0 Å². The van der Waals surface area contributed by atoms with E-state index in [9.17, 15) is 0 Å². The van der Waals surface area contributed by atoms with Crippen molar-refractivity contribution in [2.24, 2.45) is 0 Å². The molecule has 2 aliphatic rings. The highest BCUT2D eigenvalue weighted by Crippen LogP contribution is 2.32. The Morgan fingerprint density at radius 1 is 1.38 bits per heavy atom. The van der Waals surface area contributed by atoms with Gasteiger partial charge in [0.05, 0.1) is 0 Å². The second kappa shape index (κ2) is 4.10. The SMILES string of the molecule is CC1CCCN1CC1CNc2ccccc21. The molecular formula is C14H20N2. The van der Waals surface area contributed by atoms with Gasteiger partial charge in [-0.1, -0.05) is 18.2 Å². The van der Waals surface area contributed by atoms with Crippen LogP contribution in [0.4, 0.5) is 5.69 Å². The Balaban J connectivity index is 1.73. The smallest absolute Gasteiger partial charge is 0.0376 e. The van der Waals surface area contributed by atoms with E-state index in [0.29, 0.717) is 5.92 Å². The average molecular weight is 216 g/mol. The summed E-state index contributed by atoms with van der Waals surface area (Å²) >= 11 is 0. The summed E-state index contributed by atoms with van der Waals surface area (Å²) in [7, 11) is 0. The predicted octanol–water partition coefficient (Wildman–Crippen LogP) is 2.68. The lowest BCUT2D eigenvalue weighted by Gasteiger charge is -2.24. The van der Waals surface area contributed by atoms with E-state index in [1.165, 1.54) is 37.2 Å². The van der Waals surface area contributed by atoms with E-state index >= 15 is 0 Å². The van der Waals surface area contributed by atoms with Crippen molar-refractivity contribution in [1.82, 2.24) is 4.90 Å². The number of anilines is 1. The minimum Gasteiger partial charge on any atom is -0.384 e. The molecule has 0 spiro atoms. The van der Waals surface area contributed by atoms with Crippen molar-refractivity contribution in [1.29, 1.82) is 0 Å². The molecule has 86 valence electrons. The minimum atomic E-state index is 0.691. The highest BCUT2D eigenvalue weighted by atomic mass is 15.2. The predicted molar refractivity (Wildman–Crippen MR) is 67.9 cm³/mol. The molecule has 0 saturated carbocycles. The molecular weight excluding hydrogens is 196 g/mol. The fraction of sp³-hybridized carbons (Fsp3) is 0.571. The van der Waals surface area contributed by atoms with Crippen LogP contribution >= 0.6 is 0 Å². The van der Waals surface area contributed by atoms with E-state index in [4.69, 9.17) is 0 Å². The second-order valence-electron chi connectivity index (χ2n) is 5.15. The fourth-order valence-corrected chi connectivity index (χ4v) is 3.07. The largest absolute Gasteiger partial charge is 0.384 e. The zero-order valence-electron chi connectivity index (χ0n) is 9.95. The molecule has 2 heterocycles. The van der Waals surface area contributed by atoms with Crippen LogP contribution in [-0.2, 0) is 0 Å². The minimum absolute atomic E-state index is 0.691. The van der Waals surface area contributed by atoms with Gasteiger partial charge in [-0.05, 0) is 37.9 Å². The first-order valence-electron chi connectivity index (χ1n) is 6.41. The topological polar surface area (TPSA) is 15.3 Å². The molecule has 2 aliphatic heterocycles. The van der Waals surface area contributed by atoms with Crippen LogP contribution in [0.15, 0.2) is 24.3 Å². The van der Waals surface area contributed by atoms with Crippen LogP contribution in [0.5, 0.6) is 0 Å². The number of fused-ring (bicyclic) bond motifs is 1. The molecule has 0 aromatic heterocycles. The summed E-state index contributed by atoms with van der Waals surface area (Å²) in [6.45, 7) is 5.99. The van der Waals surface area contributed by atoms with E-state index in [0.717, 1.165) is 12.6 Å². The summed E-state index contributed by atoms with van der Waals surface area (Å²) in [6.07, 6.45) is 2.75. The van der Waals surface area contributed by atoms with Crippen LogP contribution in [0.2, 0.25) is 0 Å². The lowest BCUT2D eigenvalue weighted by Crippen LogP contribution is -2.32. The maximum Gasteiger partial charge on any atom is 0.0376 e.